The number of benzene rings is 1. The molecule has 0 saturated heterocycles. The molecule has 1 rings (SSSR count). The number of carbonyl (C=O) groups is 1. The summed E-state index contributed by atoms with van der Waals surface area (Å²) in [4.78, 5) is 11.2. The van der Waals surface area contributed by atoms with Crippen molar-refractivity contribution in [3.63, 3.8) is 0 Å². The number of ether oxygens (including phenoxy) is 1. The van der Waals surface area contributed by atoms with Crippen molar-refractivity contribution in [1.82, 2.24) is 0 Å². The summed E-state index contributed by atoms with van der Waals surface area (Å²) < 4.78 is 5.82. The summed E-state index contributed by atoms with van der Waals surface area (Å²) >= 11 is 0. The third-order valence-electron chi connectivity index (χ3n) is 3.47. The average Bonchev–Trinajstić information content (AvgIpc) is 2.45. The SMILES string of the molecule is CCCCCCOc1cc(CC)c(C=O)c(CC)c1. The maximum atomic E-state index is 11.2. The Morgan fingerprint density at radius 1 is 1.00 bits per heavy atom. The summed E-state index contributed by atoms with van der Waals surface area (Å²) in [6, 6.07) is 4.03. The Morgan fingerprint density at radius 3 is 2.11 bits per heavy atom. The normalized spacial score (nSPS) is 10.5. The first-order chi connectivity index (χ1) is 9.26. The molecule has 0 amide bonds. The second kappa shape index (κ2) is 8.73. The molecule has 1 aromatic rings. The fourth-order valence-corrected chi connectivity index (χ4v) is 2.29. The molecular formula is C17H26O2. The molecule has 0 atom stereocenters. The lowest BCUT2D eigenvalue weighted by Gasteiger charge is -2.12. The van der Waals surface area contributed by atoms with Gasteiger partial charge in [0.05, 0.1) is 6.61 Å². The Morgan fingerprint density at radius 2 is 1.63 bits per heavy atom. The van der Waals surface area contributed by atoms with Crippen molar-refractivity contribution < 1.29 is 9.53 Å². The Labute approximate surface area is 117 Å². The second-order valence-electron chi connectivity index (χ2n) is 4.89. The number of aldehydes is 1. The highest BCUT2D eigenvalue weighted by Gasteiger charge is 2.08. The lowest BCUT2D eigenvalue weighted by atomic mass is 9.98. The first-order valence-corrected chi connectivity index (χ1v) is 7.50. The van der Waals surface area contributed by atoms with E-state index in [0.29, 0.717) is 0 Å². The van der Waals surface area contributed by atoms with E-state index in [-0.39, 0.29) is 0 Å². The number of carbonyl (C=O) groups excluding carboxylic acids is 1. The van der Waals surface area contributed by atoms with Gasteiger partial charge in [0.1, 0.15) is 5.75 Å². The van der Waals surface area contributed by atoms with E-state index in [1.807, 2.05) is 12.1 Å². The predicted octanol–water partition coefficient (Wildman–Crippen LogP) is 4.58. The highest BCUT2D eigenvalue weighted by Crippen LogP contribution is 2.23. The first-order valence-electron chi connectivity index (χ1n) is 7.50. The minimum Gasteiger partial charge on any atom is -0.494 e. The van der Waals surface area contributed by atoms with Crippen molar-refractivity contribution in [2.75, 3.05) is 6.61 Å². The van der Waals surface area contributed by atoms with Gasteiger partial charge in [0.25, 0.3) is 0 Å². The molecule has 1 aromatic carbocycles. The zero-order valence-electron chi connectivity index (χ0n) is 12.5. The van der Waals surface area contributed by atoms with Crippen LogP contribution in [0.1, 0.15) is 67.9 Å². The van der Waals surface area contributed by atoms with Crippen LogP contribution < -0.4 is 4.74 Å². The topological polar surface area (TPSA) is 26.3 Å². The molecule has 0 radical (unpaired) electrons. The molecule has 0 heterocycles. The van der Waals surface area contributed by atoms with Crippen molar-refractivity contribution in [3.8, 4) is 5.75 Å². The third-order valence-corrected chi connectivity index (χ3v) is 3.47. The lowest BCUT2D eigenvalue weighted by molar-refractivity contribution is 0.112. The standard InChI is InChI=1S/C17H26O2/c1-4-7-8-9-10-19-16-11-14(5-2)17(13-18)15(6-3)12-16/h11-13H,4-10H2,1-3H3. The third kappa shape index (κ3) is 4.70. The summed E-state index contributed by atoms with van der Waals surface area (Å²) in [5.74, 6) is 0.913. The summed E-state index contributed by atoms with van der Waals surface area (Å²) in [6.07, 6.45) is 7.56. The molecule has 0 aliphatic heterocycles. The van der Waals surface area contributed by atoms with Gasteiger partial charge < -0.3 is 4.74 Å². The molecular weight excluding hydrogens is 236 g/mol. The van der Waals surface area contributed by atoms with E-state index in [1.165, 1.54) is 19.3 Å². The van der Waals surface area contributed by atoms with Crippen molar-refractivity contribution in [2.24, 2.45) is 0 Å². The van der Waals surface area contributed by atoms with E-state index in [2.05, 4.69) is 20.8 Å². The average molecular weight is 262 g/mol. The van der Waals surface area contributed by atoms with Crippen LogP contribution in [0, 0.1) is 0 Å². The second-order valence-corrected chi connectivity index (χ2v) is 4.89. The van der Waals surface area contributed by atoms with Gasteiger partial charge in [-0.3, -0.25) is 4.79 Å². The Balaban J connectivity index is 2.71. The molecule has 19 heavy (non-hydrogen) atoms. The monoisotopic (exact) mass is 262 g/mol. The van der Waals surface area contributed by atoms with Gasteiger partial charge in [0.15, 0.2) is 6.29 Å². The van der Waals surface area contributed by atoms with Crippen molar-refractivity contribution in [3.05, 3.63) is 28.8 Å². The Hall–Kier alpha value is -1.31. The molecule has 0 saturated carbocycles. The molecule has 0 aromatic heterocycles. The molecule has 0 fully saturated rings. The van der Waals surface area contributed by atoms with E-state index >= 15 is 0 Å². The van der Waals surface area contributed by atoms with Crippen LogP contribution in [0.25, 0.3) is 0 Å². The number of aryl methyl sites for hydroxylation is 2. The van der Waals surface area contributed by atoms with Gasteiger partial charge in [0.2, 0.25) is 0 Å². The number of hydrogen-bond donors (Lipinski definition) is 0. The maximum Gasteiger partial charge on any atom is 0.150 e. The summed E-state index contributed by atoms with van der Waals surface area (Å²) in [5.41, 5.74) is 3.04. The van der Waals surface area contributed by atoms with Gasteiger partial charge >= 0.3 is 0 Å². The smallest absolute Gasteiger partial charge is 0.150 e. The zero-order chi connectivity index (χ0) is 14.1. The van der Waals surface area contributed by atoms with Gasteiger partial charge in [-0.25, -0.2) is 0 Å². The molecule has 0 aliphatic rings. The van der Waals surface area contributed by atoms with Gasteiger partial charge in [-0.15, -0.1) is 0 Å². The van der Waals surface area contributed by atoms with Crippen LogP contribution in [0.3, 0.4) is 0 Å². The van der Waals surface area contributed by atoms with Crippen LogP contribution in [0.15, 0.2) is 12.1 Å². The zero-order valence-corrected chi connectivity index (χ0v) is 12.5. The predicted molar refractivity (Wildman–Crippen MR) is 80.2 cm³/mol. The Kier molecular flexibility index (Phi) is 7.24. The Bertz CT molecular complexity index is 371. The van der Waals surface area contributed by atoms with Gasteiger partial charge in [-0.05, 0) is 42.5 Å². The number of rotatable bonds is 9. The summed E-state index contributed by atoms with van der Waals surface area (Å²) in [5, 5.41) is 0. The molecule has 0 aliphatic carbocycles. The van der Waals surface area contributed by atoms with Crippen LogP contribution in [0.5, 0.6) is 5.75 Å². The summed E-state index contributed by atoms with van der Waals surface area (Å²) in [7, 11) is 0. The van der Waals surface area contributed by atoms with Gasteiger partial charge in [-0.1, -0.05) is 40.0 Å². The van der Waals surface area contributed by atoms with E-state index in [9.17, 15) is 4.79 Å². The van der Waals surface area contributed by atoms with E-state index < -0.39 is 0 Å². The molecule has 0 spiro atoms. The molecule has 0 bridgehead atoms. The highest BCUT2D eigenvalue weighted by molar-refractivity contribution is 5.80. The number of hydrogen-bond acceptors (Lipinski definition) is 2. The largest absolute Gasteiger partial charge is 0.494 e. The van der Waals surface area contributed by atoms with Crippen LogP contribution in [-0.4, -0.2) is 12.9 Å². The fourth-order valence-electron chi connectivity index (χ4n) is 2.29. The minimum atomic E-state index is 0.771. The van der Waals surface area contributed by atoms with Crippen molar-refractivity contribution in [1.29, 1.82) is 0 Å². The molecule has 0 N–H and O–H groups in total. The quantitative estimate of drug-likeness (QED) is 0.481. The first kappa shape index (κ1) is 15.7. The van der Waals surface area contributed by atoms with Crippen molar-refractivity contribution >= 4 is 6.29 Å². The van der Waals surface area contributed by atoms with Crippen LogP contribution in [0.2, 0.25) is 0 Å². The van der Waals surface area contributed by atoms with Crippen LogP contribution >= 0.6 is 0 Å². The summed E-state index contributed by atoms with van der Waals surface area (Å²) in [6.45, 7) is 7.13. The number of unbranched alkanes of at least 4 members (excludes halogenated alkanes) is 3. The van der Waals surface area contributed by atoms with Gasteiger partial charge in [-0.2, -0.15) is 0 Å². The van der Waals surface area contributed by atoms with Crippen LogP contribution in [-0.2, 0) is 12.8 Å². The molecule has 0 unspecified atom stereocenters. The molecule has 2 heteroatoms. The van der Waals surface area contributed by atoms with Crippen LogP contribution in [0.4, 0.5) is 0 Å². The minimum absolute atomic E-state index is 0.771. The van der Waals surface area contributed by atoms with E-state index in [4.69, 9.17) is 4.74 Å². The van der Waals surface area contributed by atoms with E-state index in [0.717, 1.165) is 54.6 Å². The van der Waals surface area contributed by atoms with E-state index in [1.54, 1.807) is 0 Å². The maximum absolute atomic E-state index is 11.2. The van der Waals surface area contributed by atoms with Crippen molar-refractivity contribution in [2.45, 2.75) is 59.3 Å². The highest BCUT2D eigenvalue weighted by atomic mass is 16.5. The molecule has 2 nitrogen and oxygen atoms in total. The van der Waals surface area contributed by atoms with Gasteiger partial charge in [0, 0.05) is 5.56 Å². The lowest BCUT2D eigenvalue weighted by Crippen LogP contribution is -2.02. The fraction of sp³-hybridized carbons (Fsp3) is 0.588. The molecule has 106 valence electrons.